The Morgan fingerprint density at radius 2 is 1.67 bits per heavy atom. The molecule has 1 fully saturated rings. The van der Waals surface area contributed by atoms with E-state index in [4.69, 9.17) is 0 Å². The molecule has 194 valence electrons. The average molecular weight is 495 g/mol. The summed E-state index contributed by atoms with van der Waals surface area (Å²) in [6, 6.07) is 19.1. The van der Waals surface area contributed by atoms with Gasteiger partial charge in [-0.15, -0.1) is 0 Å². The zero-order chi connectivity index (χ0) is 26.5. The Morgan fingerprint density at radius 1 is 1.06 bits per heavy atom. The number of hydrogen-bond donors (Lipinski definition) is 3. The van der Waals surface area contributed by atoms with Gasteiger partial charge in [0.15, 0.2) is 12.2 Å². The lowest BCUT2D eigenvalue weighted by atomic mass is 9.95. The number of nitriles is 1. The van der Waals surface area contributed by atoms with Gasteiger partial charge in [0, 0.05) is 32.7 Å². The van der Waals surface area contributed by atoms with Gasteiger partial charge in [0.2, 0.25) is 0 Å². The summed E-state index contributed by atoms with van der Waals surface area (Å²) in [5, 5.41) is 32.6. The number of carbonyl (C=O) groups is 2. The van der Waals surface area contributed by atoms with Gasteiger partial charge < -0.3 is 25.3 Å². The maximum Gasteiger partial charge on any atom is 0.254 e. The quantitative estimate of drug-likeness (QED) is 0.494. The van der Waals surface area contributed by atoms with Crippen molar-refractivity contribution in [1.29, 1.82) is 5.26 Å². The molecular formula is C28H38N4O4. The zero-order valence-corrected chi connectivity index (χ0v) is 21.4. The van der Waals surface area contributed by atoms with Crippen LogP contribution in [0.4, 0.5) is 5.69 Å². The highest BCUT2D eigenvalue weighted by atomic mass is 16.3. The molecule has 0 bridgehead atoms. The van der Waals surface area contributed by atoms with Crippen molar-refractivity contribution in [3.63, 3.8) is 0 Å². The fourth-order valence-electron chi connectivity index (χ4n) is 4.19. The monoisotopic (exact) mass is 494 g/mol. The van der Waals surface area contributed by atoms with Crippen LogP contribution in [0.5, 0.6) is 0 Å². The van der Waals surface area contributed by atoms with E-state index >= 15 is 0 Å². The molecule has 0 unspecified atom stereocenters. The van der Waals surface area contributed by atoms with Crippen molar-refractivity contribution in [3.05, 3.63) is 65.7 Å². The van der Waals surface area contributed by atoms with Gasteiger partial charge in [-0.2, -0.15) is 5.26 Å². The molecular weight excluding hydrogens is 456 g/mol. The highest BCUT2D eigenvalue weighted by Gasteiger charge is 2.33. The number of piperidine rings is 1. The summed E-state index contributed by atoms with van der Waals surface area (Å²) < 4.78 is 0. The molecule has 2 aromatic carbocycles. The maximum atomic E-state index is 12.7. The first kappa shape index (κ1) is 28.8. The highest BCUT2D eigenvalue weighted by Crippen LogP contribution is 2.25. The van der Waals surface area contributed by atoms with E-state index in [2.05, 4.69) is 16.3 Å². The molecule has 1 saturated heterocycles. The molecule has 8 nitrogen and oxygen atoms in total. The number of rotatable bonds is 9. The summed E-state index contributed by atoms with van der Waals surface area (Å²) in [5.41, 5.74) is 2.46. The predicted molar refractivity (Wildman–Crippen MR) is 140 cm³/mol. The molecule has 0 saturated carbocycles. The lowest BCUT2D eigenvalue weighted by molar-refractivity contribution is -0.153. The van der Waals surface area contributed by atoms with E-state index in [0.29, 0.717) is 18.7 Å². The standard InChI is InChI=1S/C26H32N4O4.C2H6/c1-2-29(18-20-8-4-3-5-9-20)26(34)24(32)23(31)25(33)28-17-19-12-14-30(15-13-19)22-11-7-6-10-21(22)16-27;1-2/h3-11,19,23-24,31-32H,2,12-15,17-18H2,1H3,(H,28,33);1-2H3/t23-,24-;/m1./s1. The number of amides is 2. The third-order valence-electron chi connectivity index (χ3n) is 6.28. The molecule has 0 aliphatic carbocycles. The number of hydrogen-bond acceptors (Lipinski definition) is 6. The second-order valence-electron chi connectivity index (χ2n) is 8.53. The summed E-state index contributed by atoms with van der Waals surface area (Å²) >= 11 is 0. The SMILES string of the molecule is CC.CCN(Cc1ccccc1)C(=O)[C@H](O)[C@@H](O)C(=O)NCC1CCN(c2ccccc2C#N)CC1. The van der Waals surface area contributed by atoms with Crippen LogP contribution in [0.15, 0.2) is 54.6 Å². The molecule has 1 aliphatic heterocycles. The molecule has 8 heteroatoms. The van der Waals surface area contributed by atoms with Gasteiger partial charge >= 0.3 is 0 Å². The maximum absolute atomic E-state index is 12.7. The fraction of sp³-hybridized carbons (Fsp3) is 0.464. The van der Waals surface area contributed by atoms with Gasteiger partial charge in [-0.05, 0) is 43.4 Å². The summed E-state index contributed by atoms with van der Waals surface area (Å²) in [6.45, 7) is 8.27. The van der Waals surface area contributed by atoms with Crippen LogP contribution in [0.1, 0.15) is 44.7 Å². The fourth-order valence-corrected chi connectivity index (χ4v) is 4.19. The van der Waals surface area contributed by atoms with E-state index in [-0.39, 0.29) is 12.5 Å². The molecule has 1 heterocycles. The van der Waals surface area contributed by atoms with Gasteiger partial charge in [0.05, 0.1) is 11.3 Å². The van der Waals surface area contributed by atoms with Crippen LogP contribution in [-0.2, 0) is 16.1 Å². The lowest BCUT2D eigenvalue weighted by Crippen LogP contribution is -2.51. The van der Waals surface area contributed by atoms with E-state index < -0.39 is 24.0 Å². The number of para-hydroxylation sites is 1. The van der Waals surface area contributed by atoms with Crippen molar-refractivity contribution < 1.29 is 19.8 Å². The molecule has 0 radical (unpaired) electrons. The minimum atomic E-state index is -1.83. The van der Waals surface area contributed by atoms with Crippen molar-refractivity contribution >= 4 is 17.5 Å². The number of nitrogens with one attached hydrogen (secondary N) is 1. The Hall–Kier alpha value is -3.41. The number of aliphatic hydroxyl groups excluding tert-OH is 2. The molecule has 2 atom stereocenters. The minimum Gasteiger partial charge on any atom is -0.380 e. The van der Waals surface area contributed by atoms with Crippen molar-refractivity contribution in [2.75, 3.05) is 31.1 Å². The summed E-state index contributed by atoms with van der Waals surface area (Å²) in [5.74, 6) is -1.23. The van der Waals surface area contributed by atoms with Crippen molar-refractivity contribution in [3.8, 4) is 6.07 Å². The normalized spacial score (nSPS) is 15.1. The van der Waals surface area contributed by atoms with E-state index in [0.717, 1.165) is 37.2 Å². The molecule has 0 aromatic heterocycles. The van der Waals surface area contributed by atoms with Crippen LogP contribution in [0.25, 0.3) is 0 Å². The van der Waals surface area contributed by atoms with Crippen molar-refractivity contribution in [2.24, 2.45) is 5.92 Å². The molecule has 2 aromatic rings. The molecule has 0 spiro atoms. The Morgan fingerprint density at radius 3 is 2.28 bits per heavy atom. The van der Waals surface area contributed by atoms with Crippen LogP contribution >= 0.6 is 0 Å². The molecule has 3 N–H and O–H groups in total. The van der Waals surface area contributed by atoms with Gasteiger partial charge in [-0.3, -0.25) is 9.59 Å². The third kappa shape index (κ3) is 7.80. The lowest BCUT2D eigenvalue weighted by Gasteiger charge is -2.34. The smallest absolute Gasteiger partial charge is 0.254 e. The second kappa shape index (κ2) is 14.9. The van der Waals surface area contributed by atoms with E-state index in [1.54, 1.807) is 13.0 Å². The summed E-state index contributed by atoms with van der Waals surface area (Å²) in [7, 11) is 0. The molecule has 2 amide bonds. The minimum absolute atomic E-state index is 0.208. The first-order chi connectivity index (χ1) is 17.4. The van der Waals surface area contributed by atoms with Gasteiger partial charge in [-0.1, -0.05) is 56.3 Å². The number of carbonyl (C=O) groups excluding carboxylic acids is 2. The molecule has 3 rings (SSSR count). The number of benzene rings is 2. The Balaban J connectivity index is 0.00000222. The Labute approximate surface area is 214 Å². The number of likely N-dealkylation sites (N-methyl/N-ethyl adjacent to an activating group) is 1. The van der Waals surface area contributed by atoms with Crippen LogP contribution in [0.2, 0.25) is 0 Å². The van der Waals surface area contributed by atoms with E-state index in [9.17, 15) is 25.1 Å². The largest absolute Gasteiger partial charge is 0.380 e. The van der Waals surface area contributed by atoms with E-state index in [1.807, 2.05) is 62.4 Å². The number of aliphatic hydroxyl groups is 2. The summed E-state index contributed by atoms with van der Waals surface area (Å²) in [6.07, 6.45) is -2.02. The van der Waals surface area contributed by atoms with E-state index in [1.165, 1.54) is 4.90 Å². The third-order valence-corrected chi connectivity index (χ3v) is 6.28. The first-order valence-corrected chi connectivity index (χ1v) is 12.6. The van der Waals surface area contributed by atoms with Crippen molar-refractivity contribution in [2.45, 2.75) is 52.4 Å². The summed E-state index contributed by atoms with van der Waals surface area (Å²) in [4.78, 5) is 28.7. The van der Waals surface area contributed by atoms with Crippen LogP contribution < -0.4 is 10.2 Å². The molecule has 1 aliphatic rings. The Kier molecular flexibility index (Phi) is 11.9. The predicted octanol–water partition coefficient (Wildman–Crippen LogP) is 2.69. The zero-order valence-electron chi connectivity index (χ0n) is 21.4. The average Bonchev–Trinajstić information content (AvgIpc) is 2.95. The van der Waals surface area contributed by atoms with Crippen LogP contribution in [-0.4, -0.2) is 65.3 Å². The Bertz CT molecular complexity index is 1000. The highest BCUT2D eigenvalue weighted by molar-refractivity contribution is 5.90. The number of nitrogens with zero attached hydrogens (tertiary/aromatic N) is 3. The van der Waals surface area contributed by atoms with Crippen LogP contribution in [0, 0.1) is 17.2 Å². The second-order valence-corrected chi connectivity index (χ2v) is 8.53. The number of anilines is 1. The molecule has 36 heavy (non-hydrogen) atoms. The van der Waals surface area contributed by atoms with Gasteiger partial charge in [0.25, 0.3) is 11.8 Å². The van der Waals surface area contributed by atoms with Crippen LogP contribution in [0.3, 0.4) is 0 Å². The topological polar surface area (TPSA) is 117 Å². The van der Waals surface area contributed by atoms with Gasteiger partial charge in [0.1, 0.15) is 6.07 Å². The van der Waals surface area contributed by atoms with Crippen molar-refractivity contribution in [1.82, 2.24) is 10.2 Å². The first-order valence-electron chi connectivity index (χ1n) is 12.6. The van der Waals surface area contributed by atoms with Gasteiger partial charge in [-0.25, -0.2) is 0 Å².